The molecule has 4 rings (SSSR count). The van der Waals surface area contributed by atoms with Crippen molar-refractivity contribution in [1.82, 2.24) is 25.3 Å². The Morgan fingerprint density at radius 2 is 1.65 bits per heavy atom. The third-order valence-electron chi connectivity index (χ3n) is 6.82. The molecule has 10 nitrogen and oxygen atoms in total. The van der Waals surface area contributed by atoms with Gasteiger partial charge in [0.1, 0.15) is 6.54 Å². The second kappa shape index (κ2) is 13.6. The number of carbonyl (C=O) groups excluding carboxylic acids is 2. The molecule has 2 heterocycles. The minimum absolute atomic E-state index is 0.00961. The van der Waals surface area contributed by atoms with E-state index in [1.165, 1.54) is 0 Å². The maximum Gasteiger partial charge on any atom is 0.318 e. The van der Waals surface area contributed by atoms with Crippen LogP contribution in [0.25, 0.3) is 11.3 Å². The van der Waals surface area contributed by atoms with Crippen LogP contribution < -0.4 is 19.7 Å². The minimum atomic E-state index is -0.220. The molecule has 1 aliphatic rings. The molecule has 3 aromatic rings. The third-order valence-corrected chi connectivity index (χ3v) is 6.82. The lowest BCUT2D eigenvalue weighted by Crippen LogP contribution is -2.53. The average molecular weight is 547 g/mol. The van der Waals surface area contributed by atoms with Gasteiger partial charge >= 0.3 is 6.03 Å². The van der Waals surface area contributed by atoms with E-state index in [9.17, 15) is 9.59 Å². The number of rotatable bonds is 10. The van der Waals surface area contributed by atoms with Gasteiger partial charge in [-0.05, 0) is 56.2 Å². The summed E-state index contributed by atoms with van der Waals surface area (Å²) >= 11 is 0. The van der Waals surface area contributed by atoms with E-state index < -0.39 is 0 Å². The Hall–Kier alpha value is -4.34. The van der Waals surface area contributed by atoms with E-state index in [2.05, 4.69) is 20.4 Å². The third kappa shape index (κ3) is 7.40. The molecule has 0 radical (unpaired) electrons. The number of piperazine rings is 1. The summed E-state index contributed by atoms with van der Waals surface area (Å²) in [6.07, 6.45) is 0.686. The number of hydrogen-bond acceptors (Lipinski definition) is 7. The molecule has 1 N–H and O–H groups in total. The van der Waals surface area contributed by atoms with Crippen molar-refractivity contribution in [3.63, 3.8) is 0 Å². The van der Waals surface area contributed by atoms with Gasteiger partial charge in [0, 0.05) is 44.3 Å². The summed E-state index contributed by atoms with van der Waals surface area (Å²) in [6.45, 7) is 6.72. The Balaban J connectivity index is 1.33. The molecular weight excluding hydrogens is 508 g/mol. The van der Waals surface area contributed by atoms with Crippen LogP contribution in [0.1, 0.15) is 19.4 Å². The number of anilines is 1. The number of ether oxygens (including phenoxy) is 2. The van der Waals surface area contributed by atoms with E-state index in [-0.39, 0.29) is 24.5 Å². The van der Waals surface area contributed by atoms with Gasteiger partial charge in [0.15, 0.2) is 17.3 Å². The van der Waals surface area contributed by atoms with Crippen LogP contribution in [0.5, 0.6) is 11.5 Å². The van der Waals surface area contributed by atoms with E-state index in [0.717, 1.165) is 22.6 Å². The van der Waals surface area contributed by atoms with Gasteiger partial charge in [0.25, 0.3) is 0 Å². The molecule has 212 valence electrons. The van der Waals surface area contributed by atoms with Gasteiger partial charge in [-0.15, -0.1) is 10.2 Å². The molecule has 0 unspecified atom stereocenters. The number of aromatic nitrogens is 2. The van der Waals surface area contributed by atoms with Gasteiger partial charge in [-0.2, -0.15) is 0 Å². The van der Waals surface area contributed by atoms with Gasteiger partial charge in [-0.3, -0.25) is 4.79 Å². The summed E-state index contributed by atoms with van der Waals surface area (Å²) in [5, 5.41) is 11.8. The molecule has 1 aromatic heterocycles. The number of nitrogens with zero attached hydrogens (tertiary/aromatic N) is 5. The van der Waals surface area contributed by atoms with Crippen LogP contribution in [0.15, 0.2) is 60.7 Å². The van der Waals surface area contributed by atoms with Gasteiger partial charge in [-0.25, -0.2) is 4.79 Å². The molecule has 40 heavy (non-hydrogen) atoms. The fourth-order valence-electron chi connectivity index (χ4n) is 4.59. The van der Waals surface area contributed by atoms with Crippen LogP contribution in [0.4, 0.5) is 10.6 Å². The maximum atomic E-state index is 13.2. The molecule has 1 aliphatic heterocycles. The van der Waals surface area contributed by atoms with Crippen LogP contribution in [-0.2, 0) is 11.2 Å². The van der Waals surface area contributed by atoms with E-state index in [1.54, 1.807) is 19.1 Å². The fourth-order valence-corrected chi connectivity index (χ4v) is 4.59. The first-order chi connectivity index (χ1) is 19.4. The molecule has 0 spiro atoms. The number of carbonyl (C=O) groups is 2. The van der Waals surface area contributed by atoms with Crippen LogP contribution in [-0.4, -0.2) is 91.5 Å². The molecule has 0 bridgehead atoms. The smallest absolute Gasteiger partial charge is 0.318 e. The lowest BCUT2D eigenvalue weighted by atomic mass is 10.1. The van der Waals surface area contributed by atoms with Crippen molar-refractivity contribution in [1.29, 1.82) is 0 Å². The lowest BCUT2D eigenvalue weighted by Gasteiger charge is -2.36. The monoisotopic (exact) mass is 546 g/mol. The quantitative estimate of drug-likeness (QED) is 0.416. The number of urea groups is 1. The Kier molecular flexibility index (Phi) is 9.77. The van der Waals surface area contributed by atoms with Crippen molar-refractivity contribution in [2.45, 2.75) is 26.3 Å². The van der Waals surface area contributed by atoms with E-state index >= 15 is 0 Å². The highest BCUT2D eigenvalue weighted by Crippen LogP contribution is 2.31. The van der Waals surface area contributed by atoms with Crippen LogP contribution in [0.2, 0.25) is 0 Å². The summed E-state index contributed by atoms with van der Waals surface area (Å²) in [6, 6.07) is 19.3. The summed E-state index contributed by atoms with van der Waals surface area (Å²) in [5.74, 6) is 1.99. The van der Waals surface area contributed by atoms with Crippen molar-refractivity contribution >= 4 is 17.8 Å². The Bertz CT molecular complexity index is 1260. The zero-order valence-electron chi connectivity index (χ0n) is 23.7. The van der Waals surface area contributed by atoms with Crippen molar-refractivity contribution in [2.75, 3.05) is 58.4 Å². The zero-order chi connectivity index (χ0) is 28.5. The van der Waals surface area contributed by atoms with Crippen molar-refractivity contribution in [3.8, 4) is 22.8 Å². The first kappa shape index (κ1) is 28.7. The Labute approximate surface area is 235 Å². The topological polar surface area (TPSA) is 100 Å². The molecule has 0 saturated carbocycles. The highest BCUT2D eigenvalue weighted by molar-refractivity contribution is 5.84. The van der Waals surface area contributed by atoms with Gasteiger partial charge in [0.05, 0.1) is 19.9 Å². The number of methoxy groups -OCH3 is 2. The predicted molar refractivity (Wildman–Crippen MR) is 155 cm³/mol. The predicted octanol–water partition coefficient (Wildman–Crippen LogP) is 3.47. The highest BCUT2D eigenvalue weighted by atomic mass is 16.5. The summed E-state index contributed by atoms with van der Waals surface area (Å²) in [5.41, 5.74) is 2.74. The fraction of sp³-hybridized carbons (Fsp3) is 0.400. The molecule has 1 fully saturated rings. The Morgan fingerprint density at radius 3 is 2.27 bits per heavy atom. The highest BCUT2D eigenvalue weighted by Gasteiger charge is 2.25. The average Bonchev–Trinajstić information content (AvgIpc) is 2.99. The van der Waals surface area contributed by atoms with Gasteiger partial charge < -0.3 is 29.5 Å². The first-order valence-electron chi connectivity index (χ1n) is 13.6. The van der Waals surface area contributed by atoms with Crippen LogP contribution in [0.3, 0.4) is 0 Å². The van der Waals surface area contributed by atoms with E-state index in [4.69, 9.17) is 9.47 Å². The SMILES string of the molecule is COc1ccc(-c2ccc(N3CCN(C(=O)CN(CCc4ccccc4)C(=O)NC(C)C)CC3)nn2)cc1OC. The summed E-state index contributed by atoms with van der Waals surface area (Å²) in [7, 11) is 3.20. The second-order valence-corrected chi connectivity index (χ2v) is 9.98. The van der Waals surface area contributed by atoms with Crippen LogP contribution >= 0.6 is 0 Å². The molecule has 0 atom stereocenters. The number of hydrogen-bond donors (Lipinski definition) is 1. The molecular formula is C30H38N6O4. The molecule has 0 aliphatic carbocycles. The van der Waals surface area contributed by atoms with Crippen molar-refractivity contribution < 1.29 is 19.1 Å². The van der Waals surface area contributed by atoms with E-state index in [0.29, 0.717) is 50.6 Å². The van der Waals surface area contributed by atoms with Crippen LogP contribution in [0, 0.1) is 0 Å². The van der Waals surface area contributed by atoms with E-state index in [1.807, 2.05) is 79.4 Å². The second-order valence-electron chi connectivity index (χ2n) is 9.98. The number of amides is 3. The van der Waals surface area contributed by atoms with Crippen molar-refractivity contribution in [2.24, 2.45) is 0 Å². The Morgan fingerprint density at radius 1 is 0.925 bits per heavy atom. The number of benzene rings is 2. The van der Waals surface area contributed by atoms with Gasteiger partial charge in [0.2, 0.25) is 5.91 Å². The minimum Gasteiger partial charge on any atom is -0.493 e. The molecule has 1 saturated heterocycles. The molecule has 2 aromatic carbocycles. The molecule has 10 heteroatoms. The zero-order valence-corrected chi connectivity index (χ0v) is 23.7. The number of nitrogens with one attached hydrogen (secondary N) is 1. The lowest BCUT2D eigenvalue weighted by molar-refractivity contribution is -0.132. The van der Waals surface area contributed by atoms with Crippen molar-refractivity contribution in [3.05, 3.63) is 66.2 Å². The maximum absolute atomic E-state index is 13.2. The van der Waals surface area contributed by atoms with Gasteiger partial charge in [-0.1, -0.05) is 30.3 Å². The normalized spacial score (nSPS) is 13.2. The standard InChI is InChI=1S/C30H38N6O4/c1-22(2)31-30(38)36(15-14-23-8-6-5-7-9-23)21-29(37)35-18-16-34(17-19-35)28-13-11-25(32-33-28)24-10-12-26(39-3)27(20-24)40-4/h5-13,20,22H,14-19,21H2,1-4H3,(H,31,38). The largest absolute Gasteiger partial charge is 0.493 e. The summed E-state index contributed by atoms with van der Waals surface area (Å²) < 4.78 is 10.7. The molecule has 3 amide bonds. The first-order valence-corrected chi connectivity index (χ1v) is 13.6. The summed E-state index contributed by atoms with van der Waals surface area (Å²) in [4.78, 5) is 31.6.